The molecule has 0 aliphatic rings. The molecule has 14 heavy (non-hydrogen) atoms. The summed E-state index contributed by atoms with van der Waals surface area (Å²) in [6.07, 6.45) is 3.32. The van der Waals surface area contributed by atoms with E-state index in [-0.39, 0.29) is 35.5 Å². The topological polar surface area (TPSA) is 66.4 Å². The molecule has 0 heterocycles. The number of hydrogen-bond acceptors (Lipinski definition) is 2. The molecule has 0 rings (SSSR count). The van der Waals surface area contributed by atoms with E-state index in [0.29, 0.717) is 6.42 Å². The number of carboxylic acids is 1. The molecule has 77 valence electrons. The van der Waals surface area contributed by atoms with Crippen LogP contribution in [-0.2, 0) is 9.59 Å². The van der Waals surface area contributed by atoms with Crippen molar-refractivity contribution in [1.29, 1.82) is 0 Å². The molecule has 1 amide bonds. The van der Waals surface area contributed by atoms with Gasteiger partial charge < -0.3 is 10.4 Å². The zero-order valence-corrected chi connectivity index (χ0v) is 11.2. The predicted octanol–water partition coefficient (Wildman–Crippen LogP) is 0.775. The van der Waals surface area contributed by atoms with E-state index in [1.807, 2.05) is 0 Å². The Morgan fingerprint density at radius 1 is 1.36 bits per heavy atom. The number of unbranched alkanes of at least 4 members (excludes halogenated alkanes) is 2. The van der Waals surface area contributed by atoms with Crippen molar-refractivity contribution in [3.63, 3.8) is 0 Å². The predicted molar refractivity (Wildman–Crippen MR) is 55.1 cm³/mol. The molecular weight excluding hydrogens is 193 g/mol. The van der Waals surface area contributed by atoms with Gasteiger partial charge in [-0.25, -0.2) is 0 Å². The molecule has 1 atom stereocenters. The maximum absolute atomic E-state index is 11.1. The minimum Gasteiger partial charge on any atom is -0.480 e. The Hall–Kier alpha value is -0.0600. The number of carbonyl (C=O) groups excluding carboxylic acids is 1. The molecule has 4 nitrogen and oxygen atoms in total. The molecule has 0 saturated heterocycles. The SMILES string of the molecule is CCCCCC(=O)N[C@@H](C)C(=O)O.[Na]. The van der Waals surface area contributed by atoms with Crippen molar-refractivity contribution in [2.24, 2.45) is 0 Å². The van der Waals surface area contributed by atoms with Gasteiger partial charge in [-0.05, 0) is 13.3 Å². The summed E-state index contributed by atoms with van der Waals surface area (Å²) in [5.74, 6) is -1.17. The van der Waals surface area contributed by atoms with Crippen LogP contribution in [0, 0.1) is 0 Å². The van der Waals surface area contributed by atoms with Crippen molar-refractivity contribution in [3.8, 4) is 0 Å². The molecule has 5 heteroatoms. The maximum Gasteiger partial charge on any atom is 0.325 e. The first-order valence-electron chi connectivity index (χ1n) is 4.60. The summed E-state index contributed by atoms with van der Waals surface area (Å²) in [5, 5.41) is 10.9. The van der Waals surface area contributed by atoms with Gasteiger partial charge in [0.25, 0.3) is 0 Å². The van der Waals surface area contributed by atoms with Gasteiger partial charge in [0.05, 0.1) is 0 Å². The van der Waals surface area contributed by atoms with Gasteiger partial charge in [0.15, 0.2) is 0 Å². The van der Waals surface area contributed by atoms with E-state index in [1.54, 1.807) is 0 Å². The van der Waals surface area contributed by atoms with Crippen LogP contribution in [0.3, 0.4) is 0 Å². The average molecular weight is 210 g/mol. The third kappa shape index (κ3) is 8.53. The van der Waals surface area contributed by atoms with E-state index in [9.17, 15) is 9.59 Å². The second-order valence-electron chi connectivity index (χ2n) is 3.08. The first-order chi connectivity index (χ1) is 6.07. The van der Waals surface area contributed by atoms with Crippen molar-refractivity contribution in [3.05, 3.63) is 0 Å². The number of carbonyl (C=O) groups is 2. The Morgan fingerprint density at radius 3 is 2.36 bits per heavy atom. The molecule has 0 saturated carbocycles. The van der Waals surface area contributed by atoms with Crippen LogP contribution in [0.1, 0.15) is 39.5 Å². The zero-order chi connectivity index (χ0) is 10.3. The molecule has 2 N–H and O–H groups in total. The van der Waals surface area contributed by atoms with Crippen molar-refractivity contribution < 1.29 is 14.7 Å². The molecule has 0 aromatic carbocycles. The van der Waals surface area contributed by atoms with Crippen LogP contribution >= 0.6 is 0 Å². The summed E-state index contributed by atoms with van der Waals surface area (Å²) < 4.78 is 0. The Labute approximate surface area is 107 Å². The standard InChI is InChI=1S/C9H17NO3.Na/c1-3-4-5-6-8(11)10-7(2)9(12)13;/h7H,3-6H2,1-2H3,(H,10,11)(H,12,13);/t7-;/m0./s1. The van der Waals surface area contributed by atoms with Crippen molar-refractivity contribution >= 4 is 41.4 Å². The zero-order valence-electron chi connectivity index (χ0n) is 9.17. The Kier molecular flexibility index (Phi) is 11.1. The smallest absolute Gasteiger partial charge is 0.325 e. The molecule has 1 radical (unpaired) electrons. The van der Waals surface area contributed by atoms with Crippen LogP contribution in [-0.4, -0.2) is 52.6 Å². The summed E-state index contributed by atoms with van der Waals surface area (Å²) in [6.45, 7) is 3.51. The fraction of sp³-hybridized carbons (Fsp3) is 0.778. The minimum atomic E-state index is -0.996. The minimum absolute atomic E-state index is 0. The van der Waals surface area contributed by atoms with Crippen molar-refractivity contribution in [2.45, 2.75) is 45.6 Å². The molecule has 0 fully saturated rings. The quantitative estimate of drug-likeness (QED) is 0.502. The fourth-order valence-corrected chi connectivity index (χ4v) is 0.911. The van der Waals surface area contributed by atoms with Crippen molar-refractivity contribution in [1.82, 2.24) is 5.32 Å². The summed E-state index contributed by atoms with van der Waals surface area (Å²) in [5.41, 5.74) is 0. The summed E-state index contributed by atoms with van der Waals surface area (Å²) >= 11 is 0. The molecule has 0 aromatic rings. The van der Waals surface area contributed by atoms with Crippen LogP contribution in [0.5, 0.6) is 0 Å². The molecule has 0 unspecified atom stereocenters. The average Bonchev–Trinajstić information content (AvgIpc) is 2.04. The fourth-order valence-electron chi connectivity index (χ4n) is 0.911. The largest absolute Gasteiger partial charge is 0.480 e. The van der Waals surface area contributed by atoms with Gasteiger partial charge in [0.2, 0.25) is 5.91 Å². The van der Waals surface area contributed by atoms with Gasteiger partial charge in [-0.2, -0.15) is 0 Å². The van der Waals surface area contributed by atoms with Crippen LogP contribution in [0.4, 0.5) is 0 Å². The van der Waals surface area contributed by atoms with Gasteiger partial charge >= 0.3 is 5.97 Å². The maximum atomic E-state index is 11.1. The summed E-state index contributed by atoms with van der Waals surface area (Å²) in [7, 11) is 0. The molecule has 0 aliphatic carbocycles. The van der Waals surface area contributed by atoms with Gasteiger partial charge in [-0.15, -0.1) is 0 Å². The van der Waals surface area contributed by atoms with Crippen LogP contribution in [0.15, 0.2) is 0 Å². The number of rotatable bonds is 6. The molecule has 0 bridgehead atoms. The second kappa shape index (κ2) is 9.49. The monoisotopic (exact) mass is 210 g/mol. The van der Waals surface area contributed by atoms with Crippen molar-refractivity contribution in [2.75, 3.05) is 0 Å². The molecule has 0 aromatic heterocycles. The molecular formula is C9H17NNaO3. The van der Waals surface area contributed by atoms with Crippen LogP contribution < -0.4 is 5.32 Å². The number of aliphatic carboxylic acids is 1. The number of nitrogens with one attached hydrogen (secondary N) is 1. The second-order valence-corrected chi connectivity index (χ2v) is 3.08. The van der Waals surface area contributed by atoms with E-state index in [2.05, 4.69) is 12.2 Å². The van der Waals surface area contributed by atoms with E-state index < -0.39 is 12.0 Å². The van der Waals surface area contributed by atoms with E-state index in [0.717, 1.165) is 19.3 Å². The number of amides is 1. The Bertz CT molecular complexity index is 185. The third-order valence-electron chi connectivity index (χ3n) is 1.76. The first kappa shape index (κ1) is 16.4. The van der Waals surface area contributed by atoms with Gasteiger partial charge in [-0.1, -0.05) is 19.8 Å². The number of carboxylic acid groups (broad SMARTS) is 1. The summed E-state index contributed by atoms with van der Waals surface area (Å²) in [4.78, 5) is 21.4. The third-order valence-corrected chi connectivity index (χ3v) is 1.76. The Morgan fingerprint density at radius 2 is 1.93 bits per heavy atom. The van der Waals surface area contributed by atoms with E-state index in [1.165, 1.54) is 6.92 Å². The van der Waals surface area contributed by atoms with E-state index >= 15 is 0 Å². The van der Waals surface area contributed by atoms with Gasteiger partial charge in [-0.3, -0.25) is 9.59 Å². The van der Waals surface area contributed by atoms with Crippen LogP contribution in [0.2, 0.25) is 0 Å². The van der Waals surface area contributed by atoms with Gasteiger partial charge in [0, 0.05) is 36.0 Å². The normalized spacial score (nSPS) is 11.3. The Balaban J connectivity index is 0. The van der Waals surface area contributed by atoms with Gasteiger partial charge in [0.1, 0.15) is 6.04 Å². The first-order valence-corrected chi connectivity index (χ1v) is 4.60. The molecule has 0 spiro atoms. The summed E-state index contributed by atoms with van der Waals surface area (Å²) in [6, 6.07) is -0.783. The van der Waals surface area contributed by atoms with Crippen LogP contribution in [0.25, 0.3) is 0 Å². The van der Waals surface area contributed by atoms with E-state index in [4.69, 9.17) is 5.11 Å². The number of hydrogen-bond donors (Lipinski definition) is 2. The molecule has 0 aliphatic heterocycles.